The third kappa shape index (κ3) is 3.89. The van der Waals surface area contributed by atoms with Crippen molar-refractivity contribution in [1.29, 1.82) is 0 Å². The Kier molecular flexibility index (Phi) is 4.68. The summed E-state index contributed by atoms with van der Waals surface area (Å²) in [6.07, 6.45) is 1.10. The third-order valence-electron chi connectivity index (χ3n) is 2.34. The van der Waals surface area contributed by atoms with Crippen molar-refractivity contribution in [2.45, 2.75) is 13.5 Å². The lowest BCUT2D eigenvalue weighted by Crippen LogP contribution is -2.06. The molecule has 100 valence electrons. The predicted octanol–water partition coefficient (Wildman–Crippen LogP) is 3.39. The molecule has 2 aromatic rings. The van der Waals surface area contributed by atoms with Crippen LogP contribution >= 0.6 is 15.9 Å². The molecule has 0 saturated carbocycles. The van der Waals surface area contributed by atoms with Gasteiger partial charge in [-0.1, -0.05) is 28.1 Å². The maximum absolute atomic E-state index is 13.5. The van der Waals surface area contributed by atoms with Gasteiger partial charge in [-0.05, 0) is 24.6 Å². The van der Waals surface area contributed by atoms with Crippen LogP contribution in [0.3, 0.4) is 0 Å². The average Bonchev–Trinajstić information content (AvgIpc) is 2.41. The first-order valence-electron chi connectivity index (χ1n) is 5.82. The molecule has 0 spiro atoms. The average molecular weight is 326 g/mol. The van der Waals surface area contributed by atoms with Gasteiger partial charge in [-0.2, -0.15) is 9.37 Å². The molecule has 4 nitrogen and oxygen atoms in total. The first-order valence-corrected chi connectivity index (χ1v) is 6.62. The molecule has 1 heterocycles. The highest BCUT2D eigenvalue weighted by molar-refractivity contribution is 9.10. The summed E-state index contributed by atoms with van der Waals surface area (Å²) >= 11 is 3.35. The molecule has 0 bridgehead atoms. The molecule has 0 fully saturated rings. The molecular weight excluding hydrogens is 313 g/mol. The van der Waals surface area contributed by atoms with Crippen molar-refractivity contribution in [1.82, 2.24) is 9.97 Å². The largest absolute Gasteiger partial charge is 0.471 e. The van der Waals surface area contributed by atoms with Gasteiger partial charge in [0.2, 0.25) is 11.8 Å². The van der Waals surface area contributed by atoms with Crippen LogP contribution in [0.1, 0.15) is 12.5 Å². The smallest absolute Gasteiger partial charge is 0.255 e. The zero-order valence-corrected chi connectivity index (χ0v) is 11.9. The number of anilines is 1. The number of hydrogen-bond donors (Lipinski definition) is 1. The number of hydrogen-bond acceptors (Lipinski definition) is 4. The standard InChI is InChI=1S/C13H13BrFN3O/c1-2-16-13-17-7-11(15)12(18-13)19-8-9-3-5-10(14)6-4-9/h3-7H,2,8H2,1H3,(H,16,17,18). The van der Waals surface area contributed by atoms with E-state index < -0.39 is 5.82 Å². The second-order valence-electron chi connectivity index (χ2n) is 3.79. The Morgan fingerprint density at radius 3 is 2.74 bits per heavy atom. The summed E-state index contributed by atoms with van der Waals surface area (Å²) < 4.78 is 19.8. The summed E-state index contributed by atoms with van der Waals surface area (Å²) in [6, 6.07) is 7.60. The summed E-state index contributed by atoms with van der Waals surface area (Å²) in [5.41, 5.74) is 0.936. The molecule has 0 saturated heterocycles. The Morgan fingerprint density at radius 2 is 2.05 bits per heavy atom. The van der Waals surface area contributed by atoms with E-state index in [-0.39, 0.29) is 12.5 Å². The Morgan fingerprint density at radius 1 is 1.32 bits per heavy atom. The van der Waals surface area contributed by atoms with Crippen LogP contribution in [0.5, 0.6) is 5.88 Å². The van der Waals surface area contributed by atoms with E-state index in [1.54, 1.807) is 0 Å². The molecule has 1 aromatic heterocycles. The van der Waals surface area contributed by atoms with Gasteiger partial charge in [0, 0.05) is 11.0 Å². The van der Waals surface area contributed by atoms with Crippen LogP contribution < -0.4 is 10.1 Å². The van der Waals surface area contributed by atoms with Gasteiger partial charge in [0.1, 0.15) is 6.61 Å². The van der Waals surface area contributed by atoms with E-state index in [1.807, 2.05) is 31.2 Å². The number of nitrogens with zero attached hydrogens (tertiary/aromatic N) is 2. The van der Waals surface area contributed by atoms with E-state index in [2.05, 4.69) is 31.2 Å². The molecule has 19 heavy (non-hydrogen) atoms. The van der Waals surface area contributed by atoms with Gasteiger partial charge in [-0.15, -0.1) is 0 Å². The fourth-order valence-electron chi connectivity index (χ4n) is 1.43. The topological polar surface area (TPSA) is 47.0 Å². The van der Waals surface area contributed by atoms with E-state index in [0.717, 1.165) is 16.2 Å². The zero-order chi connectivity index (χ0) is 13.7. The lowest BCUT2D eigenvalue weighted by atomic mass is 10.2. The number of aromatic nitrogens is 2. The van der Waals surface area contributed by atoms with E-state index in [0.29, 0.717) is 12.5 Å². The number of nitrogens with one attached hydrogen (secondary N) is 1. The van der Waals surface area contributed by atoms with E-state index >= 15 is 0 Å². The summed E-state index contributed by atoms with van der Waals surface area (Å²) in [6.45, 7) is 2.83. The maximum Gasteiger partial charge on any atom is 0.255 e. The van der Waals surface area contributed by atoms with Crippen molar-refractivity contribution in [3.8, 4) is 5.88 Å². The Hall–Kier alpha value is -1.69. The van der Waals surface area contributed by atoms with Crippen molar-refractivity contribution in [3.05, 3.63) is 46.3 Å². The van der Waals surface area contributed by atoms with Gasteiger partial charge in [0.15, 0.2) is 0 Å². The predicted molar refractivity (Wildman–Crippen MR) is 74.6 cm³/mol. The van der Waals surface area contributed by atoms with Gasteiger partial charge in [0.25, 0.3) is 5.88 Å². The Balaban J connectivity index is 2.05. The second kappa shape index (κ2) is 6.47. The van der Waals surface area contributed by atoms with Crippen LogP contribution in [0.25, 0.3) is 0 Å². The summed E-state index contributed by atoms with van der Waals surface area (Å²) in [7, 11) is 0. The van der Waals surface area contributed by atoms with Crippen LogP contribution in [0.2, 0.25) is 0 Å². The summed E-state index contributed by atoms with van der Waals surface area (Å²) in [5, 5.41) is 2.91. The minimum atomic E-state index is -0.571. The van der Waals surface area contributed by atoms with E-state index in [4.69, 9.17) is 4.74 Å². The quantitative estimate of drug-likeness (QED) is 0.915. The van der Waals surface area contributed by atoms with Gasteiger partial charge in [-0.25, -0.2) is 4.98 Å². The number of halogens is 2. The van der Waals surface area contributed by atoms with Crippen LogP contribution in [-0.2, 0) is 6.61 Å². The van der Waals surface area contributed by atoms with Crippen LogP contribution in [0.15, 0.2) is 34.9 Å². The van der Waals surface area contributed by atoms with Gasteiger partial charge >= 0.3 is 0 Å². The second-order valence-corrected chi connectivity index (χ2v) is 4.71. The molecule has 0 unspecified atom stereocenters. The van der Waals surface area contributed by atoms with E-state index in [9.17, 15) is 4.39 Å². The lowest BCUT2D eigenvalue weighted by molar-refractivity contribution is 0.276. The van der Waals surface area contributed by atoms with Gasteiger partial charge in [-0.3, -0.25) is 0 Å². The molecule has 6 heteroatoms. The van der Waals surface area contributed by atoms with Crippen molar-refractivity contribution in [3.63, 3.8) is 0 Å². The highest BCUT2D eigenvalue weighted by Crippen LogP contribution is 2.17. The van der Waals surface area contributed by atoms with Crippen molar-refractivity contribution in [2.24, 2.45) is 0 Å². The van der Waals surface area contributed by atoms with Crippen molar-refractivity contribution in [2.75, 3.05) is 11.9 Å². The molecule has 0 aliphatic heterocycles. The van der Waals surface area contributed by atoms with Crippen LogP contribution in [0.4, 0.5) is 10.3 Å². The fraction of sp³-hybridized carbons (Fsp3) is 0.231. The van der Waals surface area contributed by atoms with Crippen LogP contribution in [0, 0.1) is 5.82 Å². The lowest BCUT2D eigenvalue weighted by Gasteiger charge is -2.08. The molecule has 1 aromatic carbocycles. The first-order chi connectivity index (χ1) is 9.19. The fourth-order valence-corrected chi connectivity index (χ4v) is 1.69. The summed E-state index contributed by atoms with van der Waals surface area (Å²) in [5.74, 6) is -0.262. The van der Waals surface area contributed by atoms with Crippen molar-refractivity contribution >= 4 is 21.9 Å². The molecule has 0 aliphatic carbocycles. The highest BCUT2D eigenvalue weighted by Gasteiger charge is 2.08. The molecular formula is C13H13BrFN3O. The first kappa shape index (κ1) is 13.7. The van der Waals surface area contributed by atoms with Gasteiger partial charge < -0.3 is 10.1 Å². The maximum atomic E-state index is 13.5. The minimum absolute atomic E-state index is 0.0473. The van der Waals surface area contributed by atoms with Crippen LogP contribution in [-0.4, -0.2) is 16.5 Å². The normalized spacial score (nSPS) is 10.3. The molecule has 0 aliphatic rings. The van der Waals surface area contributed by atoms with Gasteiger partial charge in [0.05, 0.1) is 6.20 Å². The Labute approximate surface area is 119 Å². The van der Waals surface area contributed by atoms with Crippen molar-refractivity contribution < 1.29 is 9.13 Å². The SMILES string of the molecule is CCNc1ncc(F)c(OCc2ccc(Br)cc2)n1. The number of ether oxygens (including phenoxy) is 1. The third-order valence-corrected chi connectivity index (χ3v) is 2.86. The Bertz CT molecular complexity index is 548. The minimum Gasteiger partial charge on any atom is -0.471 e. The molecule has 1 N–H and O–H groups in total. The molecule has 2 rings (SSSR count). The van der Waals surface area contributed by atoms with E-state index in [1.165, 1.54) is 0 Å². The monoisotopic (exact) mass is 325 g/mol. The summed E-state index contributed by atoms with van der Waals surface area (Å²) in [4.78, 5) is 7.78. The zero-order valence-electron chi connectivity index (χ0n) is 10.4. The molecule has 0 radical (unpaired) electrons. The molecule has 0 amide bonds. The molecule has 0 atom stereocenters. The number of rotatable bonds is 5. The number of benzene rings is 1. The highest BCUT2D eigenvalue weighted by atomic mass is 79.9.